The van der Waals surface area contributed by atoms with Crippen molar-refractivity contribution in [2.24, 2.45) is 0 Å². The van der Waals surface area contributed by atoms with Crippen LogP contribution in [0, 0.1) is 0 Å². The normalized spacial score (nSPS) is 10.4. The topological polar surface area (TPSA) is 73.9 Å². The summed E-state index contributed by atoms with van der Waals surface area (Å²) in [4.78, 5) is 25.2. The molecule has 0 saturated carbocycles. The first-order valence-electron chi connectivity index (χ1n) is 10.0. The van der Waals surface area contributed by atoms with Crippen LogP contribution in [-0.2, 0) is 16.0 Å². The Bertz CT molecular complexity index is 1040. The van der Waals surface area contributed by atoms with Gasteiger partial charge >= 0.3 is 5.97 Å². The summed E-state index contributed by atoms with van der Waals surface area (Å²) in [6.45, 7) is 3.86. The van der Waals surface area contributed by atoms with E-state index in [1.54, 1.807) is 25.1 Å². The van der Waals surface area contributed by atoms with Crippen LogP contribution >= 0.6 is 11.3 Å². The van der Waals surface area contributed by atoms with Gasteiger partial charge in [0, 0.05) is 10.9 Å². The van der Waals surface area contributed by atoms with Gasteiger partial charge in [-0.25, -0.2) is 4.79 Å². The maximum absolute atomic E-state index is 12.7. The van der Waals surface area contributed by atoms with E-state index in [0.717, 1.165) is 17.5 Å². The standard InChI is InChI=1S/C24H25NO5S/c1-4-16-10-12-17(13-11-16)18-15-31-23(22(18)24(27)29-5-2)25-21(26)14-30-20-9-7-6-8-19(20)28-3/h6-13,15H,4-5,14H2,1-3H3,(H,25,26). The summed E-state index contributed by atoms with van der Waals surface area (Å²) in [7, 11) is 1.54. The van der Waals surface area contributed by atoms with Gasteiger partial charge < -0.3 is 19.5 Å². The minimum Gasteiger partial charge on any atom is -0.493 e. The maximum Gasteiger partial charge on any atom is 0.341 e. The van der Waals surface area contributed by atoms with Gasteiger partial charge in [0.1, 0.15) is 10.6 Å². The number of esters is 1. The molecule has 0 fully saturated rings. The van der Waals surface area contributed by atoms with Gasteiger partial charge in [-0.05, 0) is 36.6 Å². The fraction of sp³-hybridized carbons (Fsp3) is 0.250. The summed E-state index contributed by atoms with van der Waals surface area (Å²) in [6, 6.07) is 15.1. The van der Waals surface area contributed by atoms with E-state index in [0.29, 0.717) is 22.1 Å². The van der Waals surface area contributed by atoms with Crippen molar-refractivity contribution in [2.75, 3.05) is 25.6 Å². The van der Waals surface area contributed by atoms with Gasteiger partial charge in [0.15, 0.2) is 18.1 Å². The quantitative estimate of drug-likeness (QED) is 0.465. The molecule has 1 amide bonds. The lowest BCUT2D eigenvalue weighted by Crippen LogP contribution is -2.21. The minimum atomic E-state index is -0.473. The van der Waals surface area contributed by atoms with Gasteiger partial charge in [0.05, 0.1) is 13.7 Å². The van der Waals surface area contributed by atoms with E-state index in [-0.39, 0.29) is 19.1 Å². The number of nitrogens with one attached hydrogen (secondary N) is 1. The van der Waals surface area contributed by atoms with Crippen molar-refractivity contribution in [3.8, 4) is 22.6 Å². The number of hydrogen-bond donors (Lipinski definition) is 1. The van der Waals surface area contributed by atoms with E-state index in [2.05, 4.69) is 12.2 Å². The molecule has 1 aromatic heterocycles. The lowest BCUT2D eigenvalue weighted by molar-refractivity contribution is -0.118. The van der Waals surface area contributed by atoms with Gasteiger partial charge in [-0.2, -0.15) is 0 Å². The second kappa shape index (κ2) is 10.6. The van der Waals surface area contributed by atoms with E-state index < -0.39 is 5.97 Å². The number of aryl methyl sites for hydroxylation is 1. The molecule has 162 valence electrons. The van der Waals surface area contributed by atoms with E-state index in [1.807, 2.05) is 35.7 Å². The summed E-state index contributed by atoms with van der Waals surface area (Å²) in [5.74, 6) is 0.149. The van der Waals surface area contributed by atoms with Crippen LogP contribution in [0.2, 0.25) is 0 Å². The molecular formula is C24H25NO5S. The minimum absolute atomic E-state index is 0.221. The third-order valence-corrected chi connectivity index (χ3v) is 5.52. The molecule has 0 radical (unpaired) electrons. The summed E-state index contributed by atoms with van der Waals surface area (Å²) in [5.41, 5.74) is 3.18. The van der Waals surface area contributed by atoms with Crippen LogP contribution in [0.1, 0.15) is 29.8 Å². The number of methoxy groups -OCH3 is 1. The molecule has 1 heterocycles. The highest BCUT2D eigenvalue weighted by Crippen LogP contribution is 2.36. The number of para-hydroxylation sites is 2. The second-order valence-corrected chi connectivity index (χ2v) is 7.49. The molecule has 0 atom stereocenters. The van der Waals surface area contributed by atoms with Crippen LogP contribution in [0.5, 0.6) is 11.5 Å². The predicted molar refractivity (Wildman–Crippen MR) is 122 cm³/mol. The molecule has 7 heteroatoms. The van der Waals surface area contributed by atoms with Crippen molar-refractivity contribution >= 4 is 28.2 Å². The Balaban J connectivity index is 1.80. The lowest BCUT2D eigenvalue weighted by atomic mass is 10.0. The number of amides is 1. The first kappa shape index (κ1) is 22.4. The Morgan fingerprint density at radius 3 is 2.35 bits per heavy atom. The van der Waals surface area contributed by atoms with Gasteiger partial charge in [-0.15, -0.1) is 11.3 Å². The zero-order valence-corrected chi connectivity index (χ0v) is 18.6. The van der Waals surface area contributed by atoms with Gasteiger partial charge in [0.25, 0.3) is 5.91 Å². The number of carbonyl (C=O) groups is 2. The smallest absolute Gasteiger partial charge is 0.341 e. The highest BCUT2D eigenvalue weighted by molar-refractivity contribution is 7.15. The van der Waals surface area contributed by atoms with Crippen molar-refractivity contribution in [1.82, 2.24) is 0 Å². The molecule has 6 nitrogen and oxygen atoms in total. The fourth-order valence-electron chi connectivity index (χ4n) is 3.03. The number of hydrogen-bond acceptors (Lipinski definition) is 6. The van der Waals surface area contributed by atoms with Crippen molar-refractivity contribution in [2.45, 2.75) is 20.3 Å². The van der Waals surface area contributed by atoms with Crippen molar-refractivity contribution < 1.29 is 23.8 Å². The molecule has 1 N–H and O–H groups in total. The molecule has 0 unspecified atom stereocenters. The molecule has 3 aromatic rings. The third kappa shape index (κ3) is 5.44. The first-order valence-corrected chi connectivity index (χ1v) is 10.9. The van der Waals surface area contributed by atoms with Gasteiger partial charge in [-0.3, -0.25) is 4.79 Å². The zero-order chi connectivity index (χ0) is 22.2. The largest absolute Gasteiger partial charge is 0.493 e. The SMILES string of the molecule is CCOC(=O)c1c(-c2ccc(CC)cc2)csc1NC(=O)COc1ccccc1OC. The molecule has 3 rings (SSSR count). The first-order chi connectivity index (χ1) is 15.1. The Kier molecular flexibility index (Phi) is 7.67. The van der Waals surface area contributed by atoms with Crippen LogP contribution in [-0.4, -0.2) is 32.2 Å². The second-order valence-electron chi connectivity index (χ2n) is 6.61. The molecule has 0 aliphatic carbocycles. The number of carbonyl (C=O) groups excluding carboxylic acids is 2. The molecule has 0 spiro atoms. The number of benzene rings is 2. The Morgan fingerprint density at radius 2 is 1.71 bits per heavy atom. The van der Waals surface area contributed by atoms with E-state index in [4.69, 9.17) is 14.2 Å². The van der Waals surface area contributed by atoms with Gasteiger partial charge in [0.2, 0.25) is 0 Å². The molecule has 31 heavy (non-hydrogen) atoms. The van der Waals surface area contributed by atoms with Crippen molar-refractivity contribution in [3.63, 3.8) is 0 Å². The van der Waals surface area contributed by atoms with Crippen LogP contribution in [0.15, 0.2) is 53.9 Å². The predicted octanol–water partition coefficient (Wildman–Crippen LogP) is 5.18. The zero-order valence-electron chi connectivity index (χ0n) is 17.8. The van der Waals surface area contributed by atoms with E-state index >= 15 is 0 Å². The Hall–Kier alpha value is -3.32. The maximum atomic E-state index is 12.7. The molecule has 0 saturated heterocycles. The lowest BCUT2D eigenvalue weighted by Gasteiger charge is -2.11. The summed E-state index contributed by atoms with van der Waals surface area (Å²) in [5, 5.41) is 5.07. The van der Waals surface area contributed by atoms with Gasteiger partial charge in [-0.1, -0.05) is 43.3 Å². The van der Waals surface area contributed by atoms with Crippen LogP contribution in [0.3, 0.4) is 0 Å². The average Bonchev–Trinajstić information content (AvgIpc) is 3.21. The monoisotopic (exact) mass is 439 g/mol. The summed E-state index contributed by atoms with van der Waals surface area (Å²) < 4.78 is 16.0. The highest BCUT2D eigenvalue weighted by atomic mass is 32.1. The highest BCUT2D eigenvalue weighted by Gasteiger charge is 2.23. The molecular weight excluding hydrogens is 414 g/mol. The van der Waals surface area contributed by atoms with Crippen molar-refractivity contribution in [3.05, 3.63) is 65.0 Å². The number of ether oxygens (including phenoxy) is 3. The molecule has 0 aliphatic heterocycles. The fourth-order valence-corrected chi connectivity index (χ4v) is 4.01. The van der Waals surface area contributed by atoms with Crippen LogP contribution < -0.4 is 14.8 Å². The average molecular weight is 440 g/mol. The third-order valence-electron chi connectivity index (χ3n) is 4.62. The molecule has 0 bridgehead atoms. The van der Waals surface area contributed by atoms with E-state index in [1.165, 1.54) is 24.0 Å². The molecule has 0 aliphatic rings. The van der Waals surface area contributed by atoms with E-state index in [9.17, 15) is 9.59 Å². The van der Waals surface area contributed by atoms with Crippen LogP contribution in [0.25, 0.3) is 11.1 Å². The summed E-state index contributed by atoms with van der Waals surface area (Å²) >= 11 is 1.28. The Labute approximate surface area is 185 Å². The Morgan fingerprint density at radius 1 is 1.00 bits per heavy atom. The van der Waals surface area contributed by atoms with Crippen LogP contribution in [0.4, 0.5) is 5.00 Å². The summed E-state index contributed by atoms with van der Waals surface area (Å²) in [6.07, 6.45) is 0.933. The number of thiophene rings is 1. The number of rotatable bonds is 9. The molecule has 2 aromatic carbocycles. The van der Waals surface area contributed by atoms with Crippen molar-refractivity contribution in [1.29, 1.82) is 0 Å². The number of anilines is 1.